The maximum atomic E-state index is 14.3. The first-order valence-electron chi connectivity index (χ1n) is 9.68. The molecule has 4 rings (SSSR count). The first kappa shape index (κ1) is 19.1. The van der Waals surface area contributed by atoms with Gasteiger partial charge in [-0.15, -0.1) is 0 Å². The molecule has 2 fully saturated rings. The molecule has 0 amide bonds. The average molecular weight is 386 g/mol. The van der Waals surface area contributed by atoms with E-state index in [1.54, 1.807) is 19.4 Å². The van der Waals surface area contributed by atoms with Crippen LogP contribution in [0.2, 0.25) is 0 Å². The molecule has 0 saturated carbocycles. The van der Waals surface area contributed by atoms with Gasteiger partial charge in [-0.2, -0.15) is 0 Å². The van der Waals surface area contributed by atoms with Crippen LogP contribution in [0.4, 0.5) is 10.2 Å². The lowest BCUT2D eigenvalue weighted by Gasteiger charge is -2.40. The van der Waals surface area contributed by atoms with E-state index >= 15 is 0 Å². The van der Waals surface area contributed by atoms with Gasteiger partial charge in [-0.25, -0.2) is 9.37 Å². The summed E-state index contributed by atoms with van der Waals surface area (Å²) in [5.41, 5.74) is 7.43. The maximum Gasteiger partial charge on any atom is 0.131 e. The summed E-state index contributed by atoms with van der Waals surface area (Å²) in [6.45, 7) is 5.30. The molecule has 28 heavy (non-hydrogen) atoms. The zero-order chi connectivity index (χ0) is 19.6. The molecule has 150 valence electrons. The quantitative estimate of drug-likeness (QED) is 0.851. The van der Waals surface area contributed by atoms with Gasteiger partial charge in [-0.1, -0.05) is 12.1 Å². The van der Waals surface area contributed by atoms with E-state index in [9.17, 15) is 4.39 Å². The van der Waals surface area contributed by atoms with Crippen LogP contribution in [0.25, 0.3) is 0 Å². The summed E-state index contributed by atoms with van der Waals surface area (Å²) in [4.78, 5) is 8.80. The first-order valence-corrected chi connectivity index (χ1v) is 9.68. The second kappa shape index (κ2) is 8.03. The number of benzene rings is 1. The Morgan fingerprint density at radius 1 is 1.18 bits per heavy atom. The van der Waals surface area contributed by atoms with Crippen LogP contribution >= 0.6 is 0 Å². The van der Waals surface area contributed by atoms with Crippen molar-refractivity contribution in [3.8, 4) is 5.75 Å². The van der Waals surface area contributed by atoms with E-state index in [-0.39, 0.29) is 11.4 Å². The minimum atomic E-state index is -0.222. The number of aromatic nitrogens is 1. The molecular weight excluding hydrogens is 359 g/mol. The Balaban J connectivity index is 1.42. The third kappa shape index (κ3) is 3.97. The number of nitrogens with two attached hydrogens (primary N) is 1. The minimum absolute atomic E-state index is 0.215. The third-order valence-corrected chi connectivity index (χ3v) is 5.72. The molecule has 2 N–H and O–H groups in total. The predicted molar refractivity (Wildman–Crippen MR) is 105 cm³/mol. The lowest BCUT2D eigenvalue weighted by molar-refractivity contribution is -0.104. The van der Waals surface area contributed by atoms with Crippen LogP contribution in [0, 0.1) is 5.82 Å². The van der Waals surface area contributed by atoms with Gasteiger partial charge >= 0.3 is 0 Å². The Morgan fingerprint density at radius 2 is 2.00 bits per heavy atom. The van der Waals surface area contributed by atoms with E-state index in [2.05, 4.69) is 14.8 Å². The van der Waals surface area contributed by atoms with Gasteiger partial charge in [0, 0.05) is 56.6 Å². The standard InChI is InChI=1S/C21H27FN4O2/c1-27-19-6-2-5-18(22)17(19)13-26-10-11-28-21(15-26)7-9-25(14-21)12-16-4-3-8-24-20(16)23/h2-6,8H,7,9-15H2,1H3,(H2,23,24). The molecule has 0 aliphatic carbocycles. The summed E-state index contributed by atoms with van der Waals surface area (Å²) in [6, 6.07) is 8.91. The number of morpholine rings is 1. The molecule has 0 radical (unpaired) electrons. The lowest BCUT2D eigenvalue weighted by atomic mass is 10.00. The van der Waals surface area contributed by atoms with Crippen molar-refractivity contribution in [2.24, 2.45) is 0 Å². The zero-order valence-electron chi connectivity index (χ0n) is 16.2. The van der Waals surface area contributed by atoms with Crippen molar-refractivity contribution in [1.82, 2.24) is 14.8 Å². The number of halogens is 1. The van der Waals surface area contributed by atoms with Gasteiger partial charge in [0.05, 0.1) is 19.3 Å². The number of anilines is 1. The molecule has 1 aromatic heterocycles. The highest BCUT2D eigenvalue weighted by Gasteiger charge is 2.42. The van der Waals surface area contributed by atoms with E-state index in [1.807, 2.05) is 18.2 Å². The van der Waals surface area contributed by atoms with Crippen LogP contribution in [0.15, 0.2) is 36.5 Å². The molecule has 3 heterocycles. The van der Waals surface area contributed by atoms with E-state index in [1.165, 1.54) is 6.07 Å². The lowest BCUT2D eigenvalue weighted by Crippen LogP contribution is -2.52. The fourth-order valence-electron chi connectivity index (χ4n) is 4.30. The topological polar surface area (TPSA) is 63.9 Å². The predicted octanol–water partition coefficient (Wildman–Crippen LogP) is 2.29. The van der Waals surface area contributed by atoms with Gasteiger partial charge in [0.15, 0.2) is 0 Å². The van der Waals surface area contributed by atoms with E-state index < -0.39 is 0 Å². The summed E-state index contributed by atoms with van der Waals surface area (Å²) < 4.78 is 25.9. The van der Waals surface area contributed by atoms with Gasteiger partial charge in [0.2, 0.25) is 0 Å². The maximum absolute atomic E-state index is 14.3. The van der Waals surface area contributed by atoms with Crippen LogP contribution in [0.1, 0.15) is 17.5 Å². The molecule has 2 aliphatic rings. The van der Waals surface area contributed by atoms with Gasteiger partial charge in [0.25, 0.3) is 0 Å². The molecule has 1 aromatic carbocycles. The summed E-state index contributed by atoms with van der Waals surface area (Å²) in [5.74, 6) is 0.960. The Kier molecular flexibility index (Phi) is 5.48. The van der Waals surface area contributed by atoms with Crippen molar-refractivity contribution in [1.29, 1.82) is 0 Å². The number of pyridine rings is 1. The highest BCUT2D eigenvalue weighted by atomic mass is 19.1. The summed E-state index contributed by atoms with van der Waals surface area (Å²) in [5, 5.41) is 0. The number of likely N-dealkylation sites (tertiary alicyclic amines) is 1. The van der Waals surface area contributed by atoms with Gasteiger partial charge in [0.1, 0.15) is 17.4 Å². The van der Waals surface area contributed by atoms with Gasteiger partial charge in [-0.3, -0.25) is 9.80 Å². The molecule has 0 bridgehead atoms. The summed E-state index contributed by atoms with van der Waals surface area (Å²) in [6.07, 6.45) is 2.67. The molecule has 2 aliphatic heterocycles. The third-order valence-electron chi connectivity index (χ3n) is 5.72. The van der Waals surface area contributed by atoms with Gasteiger partial charge in [-0.05, 0) is 24.6 Å². The number of rotatable bonds is 5. The molecule has 2 aromatic rings. The SMILES string of the molecule is COc1cccc(F)c1CN1CCOC2(CCN(Cc3cccnc3N)C2)C1. The molecule has 1 spiro atoms. The number of hydrogen-bond donors (Lipinski definition) is 1. The Morgan fingerprint density at radius 3 is 2.79 bits per heavy atom. The Hall–Kier alpha value is -2.22. The largest absolute Gasteiger partial charge is 0.496 e. The van der Waals surface area contributed by atoms with Crippen molar-refractivity contribution < 1.29 is 13.9 Å². The zero-order valence-corrected chi connectivity index (χ0v) is 16.2. The second-order valence-corrected chi connectivity index (χ2v) is 7.67. The molecule has 1 unspecified atom stereocenters. The van der Waals surface area contributed by atoms with Crippen LogP contribution < -0.4 is 10.5 Å². The number of nitrogens with zero attached hydrogens (tertiary/aromatic N) is 3. The van der Waals surface area contributed by atoms with E-state index in [4.69, 9.17) is 15.2 Å². The Bertz CT molecular complexity index is 834. The molecule has 2 saturated heterocycles. The summed E-state index contributed by atoms with van der Waals surface area (Å²) >= 11 is 0. The monoisotopic (exact) mass is 386 g/mol. The number of hydrogen-bond acceptors (Lipinski definition) is 6. The second-order valence-electron chi connectivity index (χ2n) is 7.67. The Labute approximate surface area is 165 Å². The van der Waals surface area contributed by atoms with E-state index in [0.717, 1.165) is 44.7 Å². The summed E-state index contributed by atoms with van der Waals surface area (Å²) in [7, 11) is 1.58. The van der Waals surface area contributed by atoms with Crippen LogP contribution in [-0.2, 0) is 17.8 Å². The van der Waals surface area contributed by atoms with Crippen LogP contribution in [0.5, 0.6) is 5.75 Å². The molecule has 1 atom stereocenters. The fourth-order valence-corrected chi connectivity index (χ4v) is 4.30. The molecular formula is C21H27FN4O2. The minimum Gasteiger partial charge on any atom is -0.496 e. The normalized spacial score (nSPS) is 23.4. The van der Waals surface area contributed by atoms with Crippen molar-refractivity contribution in [3.05, 3.63) is 53.5 Å². The van der Waals surface area contributed by atoms with Crippen molar-refractivity contribution in [2.75, 3.05) is 45.6 Å². The molecule has 7 heteroatoms. The molecule has 6 nitrogen and oxygen atoms in total. The van der Waals surface area contributed by atoms with Gasteiger partial charge < -0.3 is 15.2 Å². The van der Waals surface area contributed by atoms with Crippen molar-refractivity contribution >= 4 is 5.82 Å². The number of ether oxygens (including phenoxy) is 2. The highest BCUT2D eigenvalue weighted by molar-refractivity contribution is 5.38. The van der Waals surface area contributed by atoms with E-state index in [0.29, 0.717) is 30.3 Å². The average Bonchev–Trinajstić information content (AvgIpc) is 3.07. The van der Waals surface area contributed by atoms with Crippen molar-refractivity contribution in [3.63, 3.8) is 0 Å². The fraction of sp³-hybridized carbons (Fsp3) is 0.476. The van der Waals surface area contributed by atoms with Crippen molar-refractivity contribution in [2.45, 2.75) is 25.1 Å². The number of methoxy groups -OCH3 is 1. The van der Waals surface area contributed by atoms with Crippen LogP contribution in [-0.4, -0.2) is 60.3 Å². The highest BCUT2D eigenvalue weighted by Crippen LogP contribution is 2.32. The first-order chi connectivity index (χ1) is 13.6. The smallest absolute Gasteiger partial charge is 0.131 e. The number of nitrogen functional groups attached to an aromatic ring is 1. The van der Waals surface area contributed by atoms with Crippen LogP contribution in [0.3, 0.4) is 0 Å².